The third-order valence-electron chi connectivity index (χ3n) is 2.83. The maximum atomic E-state index is 11.8. The van der Waals surface area contributed by atoms with Gasteiger partial charge in [-0.15, -0.1) is 0 Å². The summed E-state index contributed by atoms with van der Waals surface area (Å²) in [5.41, 5.74) is 0.956. The Bertz CT molecular complexity index is 746. The number of carbonyl (C=O) groups is 1. The lowest BCUT2D eigenvalue weighted by atomic mass is 10.3. The van der Waals surface area contributed by atoms with Crippen LogP contribution in [0.3, 0.4) is 0 Å². The number of aromatic nitrogens is 2. The Morgan fingerprint density at radius 3 is 2.77 bits per heavy atom. The van der Waals surface area contributed by atoms with Crippen LogP contribution in [0.5, 0.6) is 0 Å². The van der Waals surface area contributed by atoms with Crippen molar-refractivity contribution in [3.63, 3.8) is 0 Å². The Morgan fingerprint density at radius 1 is 1.32 bits per heavy atom. The van der Waals surface area contributed by atoms with Gasteiger partial charge in [0.25, 0.3) is 5.56 Å². The molecule has 2 N–H and O–H groups in total. The molecule has 0 aliphatic carbocycles. The van der Waals surface area contributed by atoms with E-state index in [1.807, 2.05) is 0 Å². The normalized spacial score (nSPS) is 10.3. The van der Waals surface area contributed by atoms with Crippen LogP contribution in [0.25, 0.3) is 0 Å². The van der Waals surface area contributed by atoms with E-state index in [9.17, 15) is 9.59 Å². The number of carbonyl (C=O) groups excluding carboxylic acids is 1. The van der Waals surface area contributed by atoms with E-state index in [-0.39, 0.29) is 12.1 Å². The van der Waals surface area contributed by atoms with E-state index in [0.717, 1.165) is 0 Å². The van der Waals surface area contributed by atoms with Crippen molar-refractivity contribution in [2.75, 3.05) is 11.9 Å². The van der Waals surface area contributed by atoms with Gasteiger partial charge in [-0.2, -0.15) is 0 Å². The van der Waals surface area contributed by atoms with Crippen LogP contribution in [0.2, 0.25) is 10.0 Å². The molecule has 2 aromatic rings. The first-order valence-corrected chi connectivity index (χ1v) is 7.24. The number of nitrogens with one attached hydrogen (secondary N) is 2. The highest BCUT2D eigenvalue weighted by molar-refractivity contribution is 6.36. The fraction of sp³-hybridized carbons (Fsp3) is 0.214. The quantitative estimate of drug-likeness (QED) is 0.898. The number of urea groups is 1. The number of hydrogen-bond acceptors (Lipinski definition) is 3. The summed E-state index contributed by atoms with van der Waals surface area (Å²) in [6.07, 6.45) is 1.45. The predicted octanol–water partition coefficient (Wildman–Crippen LogP) is 2.68. The Labute approximate surface area is 137 Å². The average molecular weight is 341 g/mol. The molecular formula is C14H14Cl2N4O2. The van der Waals surface area contributed by atoms with Crippen LogP contribution in [-0.2, 0) is 6.54 Å². The number of halogens is 2. The number of anilines is 1. The van der Waals surface area contributed by atoms with Crippen LogP contribution in [0.1, 0.15) is 5.69 Å². The molecule has 1 aromatic heterocycles. The molecule has 2 rings (SSSR count). The molecule has 8 heteroatoms. The first-order chi connectivity index (χ1) is 10.5. The summed E-state index contributed by atoms with van der Waals surface area (Å²) in [6, 6.07) is 5.79. The van der Waals surface area contributed by atoms with Gasteiger partial charge in [0.1, 0.15) is 0 Å². The highest BCUT2D eigenvalue weighted by Crippen LogP contribution is 2.25. The zero-order chi connectivity index (χ0) is 16.1. The molecule has 116 valence electrons. The minimum absolute atomic E-state index is 0.157. The number of rotatable bonds is 4. The monoisotopic (exact) mass is 340 g/mol. The van der Waals surface area contributed by atoms with Crippen molar-refractivity contribution in [2.24, 2.45) is 0 Å². The molecule has 1 aromatic carbocycles. The third-order valence-corrected chi connectivity index (χ3v) is 3.38. The molecule has 6 nitrogen and oxygen atoms in total. The summed E-state index contributed by atoms with van der Waals surface area (Å²) in [5, 5.41) is 6.07. The van der Waals surface area contributed by atoms with Crippen molar-refractivity contribution in [1.29, 1.82) is 0 Å². The summed E-state index contributed by atoms with van der Waals surface area (Å²) in [4.78, 5) is 27.4. The highest BCUT2D eigenvalue weighted by atomic mass is 35.5. The lowest BCUT2D eigenvalue weighted by Gasteiger charge is -2.10. The average Bonchev–Trinajstić information content (AvgIpc) is 2.44. The molecule has 0 atom stereocenters. The minimum Gasteiger partial charge on any atom is -0.336 e. The summed E-state index contributed by atoms with van der Waals surface area (Å²) < 4.78 is 1.42. The van der Waals surface area contributed by atoms with Crippen molar-refractivity contribution < 1.29 is 4.79 Å². The van der Waals surface area contributed by atoms with E-state index < -0.39 is 6.03 Å². The lowest BCUT2D eigenvalue weighted by Crippen LogP contribution is -2.33. The second-order valence-corrected chi connectivity index (χ2v) is 5.41. The van der Waals surface area contributed by atoms with Gasteiger partial charge >= 0.3 is 6.03 Å². The summed E-state index contributed by atoms with van der Waals surface area (Å²) in [5.74, 6) is 0. The molecule has 0 saturated heterocycles. The number of amides is 2. The number of benzene rings is 1. The lowest BCUT2D eigenvalue weighted by molar-refractivity contribution is 0.251. The van der Waals surface area contributed by atoms with E-state index in [2.05, 4.69) is 15.6 Å². The van der Waals surface area contributed by atoms with Gasteiger partial charge in [0.2, 0.25) is 0 Å². The van der Waals surface area contributed by atoms with Gasteiger partial charge in [0.15, 0.2) is 0 Å². The molecule has 0 fully saturated rings. The van der Waals surface area contributed by atoms with Crippen LogP contribution in [-0.4, -0.2) is 22.1 Å². The van der Waals surface area contributed by atoms with Gasteiger partial charge in [-0.05, 0) is 25.1 Å². The van der Waals surface area contributed by atoms with E-state index in [0.29, 0.717) is 28.0 Å². The summed E-state index contributed by atoms with van der Waals surface area (Å²) >= 11 is 11.7. The Hall–Kier alpha value is -2.05. The van der Waals surface area contributed by atoms with Crippen LogP contribution in [0.4, 0.5) is 10.5 Å². The first kappa shape index (κ1) is 16.3. The fourth-order valence-electron chi connectivity index (χ4n) is 1.73. The Kier molecular flexibility index (Phi) is 5.41. The van der Waals surface area contributed by atoms with Crippen molar-refractivity contribution in [1.82, 2.24) is 14.9 Å². The molecule has 2 amide bonds. The zero-order valence-electron chi connectivity index (χ0n) is 11.8. The summed E-state index contributed by atoms with van der Waals surface area (Å²) in [7, 11) is 0. The predicted molar refractivity (Wildman–Crippen MR) is 86.7 cm³/mol. The molecule has 22 heavy (non-hydrogen) atoms. The molecule has 0 saturated carbocycles. The van der Waals surface area contributed by atoms with Gasteiger partial charge in [0, 0.05) is 29.9 Å². The topological polar surface area (TPSA) is 76.0 Å². The maximum absolute atomic E-state index is 11.8. The number of aryl methyl sites for hydroxylation is 1. The van der Waals surface area contributed by atoms with E-state index in [1.54, 1.807) is 19.1 Å². The van der Waals surface area contributed by atoms with Gasteiger partial charge < -0.3 is 10.6 Å². The molecule has 0 radical (unpaired) electrons. The van der Waals surface area contributed by atoms with Crippen LogP contribution in [0.15, 0.2) is 35.4 Å². The van der Waals surface area contributed by atoms with Crippen LogP contribution >= 0.6 is 23.2 Å². The molecule has 0 spiro atoms. The SMILES string of the molecule is Cc1cc(=O)n(CCNC(=O)Nc2ccc(Cl)cc2Cl)cn1. The number of nitrogens with zero attached hydrogens (tertiary/aromatic N) is 2. The number of hydrogen-bond donors (Lipinski definition) is 2. The third kappa shape index (κ3) is 4.47. The van der Waals surface area contributed by atoms with Crippen molar-refractivity contribution in [2.45, 2.75) is 13.5 Å². The largest absolute Gasteiger partial charge is 0.336 e. The second-order valence-electron chi connectivity index (χ2n) is 4.57. The van der Waals surface area contributed by atoms with E-state index in [4.69, 9.17) is 23.2 Å². The van der Waals surface area contributed by atoms with Gasteiger partial charge in [-0.3, -0.25) is 9.36 Å². The second kappa shape index (κ2) is 7.29. The highest BCUT2D eigenvalue weighted by Gasteiger charge is 2.06. The van der Waals surface area contributed by atoms with E-state index in [1.165, 1.54) is 23.0 Å². The van der Waals surface area contributed by atoms with Gasteiger partial charge in [-0.25, -0.2) is 9.78 Å². The van der Waals surface area contributed by atoms with Crippen LogP contribution in [0, 0.1) is 6.92 Å². The molecule has 0 aliphatic heterocycles. The molecule has 0 bridgehead atoms. The maximum Gasteiger partial charge on any atom is 0.319 e. The molecule has 0 aliphatic rings. The molecule has 0 unspecified atom stereocenters. The fourth-order valence-corrected chi connectivity index (χ4v) is 2.19. The zero-order valence-corrected chi connectivity index (χ0v) is 13.3. The van der Waals surface area contributed by atoms with Crippen molar-refractivity contribution in [3.8, 4) is 0 Å². The van der Waals surface area contributed by atoms with Gasteiger partial charge in [-0.1, -0.05) is 23.2 Å². The molecular weight excluding hydrogens is 327 g/mol. The first-order valence-electron chi connectivity index (χ1n) is 6.48. The molecule has 1 heterocycles. The Balaban J connectivity index is 1.86. The van der Waals surface area contributed by atoms with Crippen molar-refractivity contribution in [3.05, 3.63) is 56.7 Å². The summed E-state index contributed by atoms with van der Waals surface area (Å²) in [6.45, 7) is 2.35. The Morgan fingerprint density at radius 2 is 2.09 bits per heavy atom. The van der Waals surface area contributed by atoms with Crippen LogP contribution < -0.4 is 16.2 Å². The minimum atomic E-state index is -0.419. The van der Waals surface area contributed by atoms with Crippen molar-refractivity contribution >= 4 is 34.9 Å². The smallest absolute Gasteiger partial charge is 0.319 e. The van der Waals surface area contributed by atoms with E-state index >= 15 is 0 Å². The van der Waals surface area contributed by atoms with Gasteiger partial charge in [0.05, 0.1) is 17.0 Å². The standard InChI is InChI=1S/C14H14Cl2N4O2/c1-9-6-13(21)20(8-18-9)5-4-17-14(22)19-12-3-2-10(15)7-11(12)16/h2-3,6-8H,4-5H2,1H3,(H2,17,19,22).